The van der Waals surface area contributed by atoms with Gasteiger partial charge in [0.25, 0.3) is 0 Å². The molecule has 0 rings (SSSR count). The van der Waals surface area contributed by atoms with Crippen molar-refractivity contribution in [1.29, 1.82) is 0 Å². The van der Waals surface area contributed by atoms with Crippen molar-refractivity contribution in [3.8, 4) is 0 Å². The van der Waals surface area contributed by atoms with Gasteiger partial charge < -0.3 is 0 Å². The third-order valence-corrected chi connectivity index (χ3v) is 0.984. The molecule has 0 atom stereocenters. The minimum absolute atomic E-state index is 0.315. The van der Waals surface area contributed by atoms with Gasteiger partial charge in [0, 0.05) is 13.0 Å². The fraction of sp³-hybridized carbons (Fsp3) is 0.571. The molecule has 0 spiro atoms. The average molecular weight is 139 g/mol. The van der Waals surface area contributed by atoms with E-state index in [0.717, 1.165) is 5.84 Å². The van der Waals surface area contributed by atoms with Crippen molar-refractivity contribution in [2.24, 2.45) is 20.9 Å². The van der Waals surface area contributed by atoms with Gasteiger partial charge >= 0.3 is 0 Å². The molecule has 0 aromatic rings. The lowest BCUT2D eigenvalue weighted by molar-refractivity contribution is 0.876. The van der Waals surface area contributed by atoms with E-state index in [2.05, 4.69) is 21.7 Å². The fourth-order valence-electron chi connectivity index (χ4n) is 0.489. The SMILES string of the molecule is C=NC(=NC=NC)C(C)C. The molecule has 0 amide bonds. The first-order valence-electron chi connectivity index (χ1n) is 3.17. The Morgan fingerprint density at radius 1 is 1.50 bits per heavy atom. The van der Waals surface area contributed by atoms with Crippen LogP contribution >= 0.6 is 0 Å². The number of hydrogen-bond acceptors (Lipinski definition) is 1. The first-order chi connectivity index (χ1) is 4.72. The van der Waals surface area contributed by atoms with Crippen molar-refractivity contribution in [2.75, 3.05) is 7.05 Å². The summed E-state index contributed by atoms with van der Waals surface area (Å²) in [6.07, 6.45) is 1.48. The lowest BCUT2D eigenvalue weighted by Crippen LogP contribution is -2.03. The first-order valence-corrected chi connectivity index (χ1v) is 3.17. The molecule has 0 aliphatic rings. The predicted molar refractivity (Wildman–Crippen MR) is 46.2 cm³/mol. The monoisotopic (exact) mass is 139 g/mol. The third kappa shape index (κ3) is 3.12. The molecule has 0 aliphatic heterocycles. The number of nitrogens with zero attached hydrogens (tertiary/aromatic N) is 3. The van der Waals surface area contributed by atoms with E-state index in [-0.39, 0.29) is 0 Å². The molecule has 0 aromatic heterocycles. The summed E-state index contributed by atoms with van der Waals surface area (Å²) in [4.78, 5) is 11.4. The van der Waals surface area contributed by atoms with Crippen molar-refractivity contribution in [2.45, 2.75) is 13.8 Å². The Balaban J connectivity index is 4.18. The molecule has 0 heterocycles. The van der Waals surface area contributed by atoms with Gasteiger partial charge in [-0.2, -0.15) is 0 Å². The maximum absolute atomic E-state index is 3.96. The highest BCUT2D eigenvalue weighted by molar-refractivity contribution is 5.92. The van der Waals surface area contributed by atoms with E-state index in [1.54, 1.807) is 7.05 Å². The minimum Gasteiger partial charge on any atom is -0.277 e. The van der Waals surface area contributed by atoms with Gasteiger partial charge in [0.1, 0.15) is 12.2 Å². The standard InChI is InChI=1S/C7H13N3/c1-6(2)7(9-4)10-5-8-3/h5-6H,4H2,1-3H3. The quantitative estimate of drug-likeness (QED) is 0.409. The molecule has 3 nitrogen and oxygen atoms in total. The third-order valence-electron chi connectivity index (χ3n) is 0.984. The molecule has 0 saturated heterocycles. The summed E-state index contributed by atoms with van der Waals surface area (Å²) in [5, 5.41) is 0. The van der Waals surface area contributed by atoms with Crippen LogP contribution in [-0.2, 0) is 0 Å². The van der Waals surface area contributed by atoms with E-state index in [1.807, 2.05) is 13.8 Å². The smallest absolute Gasteiger partial charge is 0.131 e. The zero-order valence-electron chi connectivity index (χ0n) is 6.70. The minimum atomic E-state index is 0.315. The van der Waals surface area contributed by atoms with E-state index in [9.17, 15) is 0 Å². The molecule has 0 aromatic carbocycles. The average Bonchev–Trinajstić information content (AvgIpc) is 1.89. The summed E-state index contributed by atoms with van der Waals surface area (Å²) in [6.45, 7) is 7.41. The molecular formula is C7H13N3. The van der Waals surface area contributed by atoms with Crippen LogP contribution in [0.25, 0.3) is 0 Å². The molecule has 0 bridgehead atoms. The summed E-state index contributed by atoms with van der Waals surface area (Å²) in [5.74, 6) is 1.04. The van der Waals surface area contributed by atoms with Crippen molar-refractivity contribution in [1.82, 2.24) is 0 Å². The van der Waals surface area contributed by atoms with Gasteiger partial charge in [-0.1, -0.05) is 13.8 Å². The second-order valence-corrected chi connectivity index (χ2v) is 2.17. The van der Waals surface area contributed by atoms with Crippen LogP contribution < -0.4 is 0 Å². The van der Waals surface area contributed by atoms with Crippen LogP contribution in [-0.4, -0.2) is 25.9 Å². The Kier molecular flexibility index (Phi) is 4.37. The number of hydrogen-bond donors (Lipinski definition) is 0. The van der Waals surface area contributed by atoms with Gasteiger partial charge in [-0.15, -0.1) is 0 Å². The number of rotatable bonds is 2. The van der Waals surface area contributed by atoms with Crippen LogP contribution in [0.5, 0.6) is 0 Å². The summed E-state index contributed by atoms with van der Waals surface area (Å²) in [5.41, 5.74) is 0. The molecule has 0 unspecified atom stereocenters. The molecule has 0 N–H and O–H groups in total. The normalized spacial score (nSPS) is 13.0. The van der Waals surface area contributed by atoms with Crippen molar-refractivity contribution in [3.05, 3.63) is 0 Å². The maximum atomic E-state index is 3.96. The Morgan fingerprint density at radius 2 is 2.10 bits per heavy atom. The highest BCUT2D eigenvalue weighted by Crippen LogP contribution is 1.96. The molecule has 10 heavy (non-hydrogen) atoms. The van der Waals surface area contributed by atoms with Gasteiger partial charge in [0.2, 0.25) is 0 Å². The van der Waals surface area contributed by atoms with Crippen molar-refractivity contribution >= 4 is 18.9 Å². The Bertz CT molecular complexity index is 156. The van der Waals surface area contributed by atoms with E-state index in [0.29, 0.717) is 5.92 Å². The summed E-state index contributed by atoms with van der Waals surface area (Å²) < 4.78 is 0. The van der Waals surface area contributed by atoms with Gasteiger partial charge in [-0.05, 0) is 6.72 Å². The predicted octanol–water partition coefficient (Wildman–Crippen LogP) is 1.40. The molecule has 0 saturated carbocycles. The maximum Gasteiger partial charge on any atom is 0.131 e. The second kappa shape index (κ2) is 4.85. The lowest BCUT2D eigenvalue weighted by atomic mass is 10.2. The van der Waals surface area contributed by atoms with E-state index < -0.39 is 0 Å². The topological polar surface area (TPSA) is 37.1 Å². The van der Waals surface area contributed by atoms with Crippen LogP contribution in [0.1, 0.15) is 13.8 Å². The van der Waals surface area contributed by atoms with Crippen LogP contribution in [0.15, 0.2) is 15.0 Å². The molecule has 3 heteroatoms. The van der Waals surface area contributed by atoms with Crippen LogP contribution in [0.4, 0.5) is 0 Å². The summed E-state index contributed by atoms with van der Waals surface area (Å²) >= 11 is 0. The van der Waals surface area contributed by atoms with Crippen molar-refractivity contribution in [3.63, 3.8) is 0 Å². The van der Waals surface area contributed by atoms with Gasteiger partial charge in [0.15, 0.2) is 0 Å². The molecule has 0 radical (unpaired) electrons. The zero-order chi connectivity index (χ0) is 7.98. The van der Waals surface area contributed by atoms with Crippen LogP contribution in [0.2, 0.25) is 0 Å². The zero-order valence-corrected chi connectivity index (χ0v) is 6.70. The van der Waals surface area contributed by atoms with Crippen LogP contribution in [0, 0.1) is 5.92 Å². The highest BCUT2D eigenvalue weighted by Gasteiger charge is 1.98. The second-order valence-electron chi connectivity index (χ2n) is 2.17. The lowest BCUT2D eigenvalue weighted by Gasteiger charge is -1.99. The first kappa shape index (κ1) is 9.01. The Hall–Kier alpha value is -0.990. The van der Waals surface area contributed by atoms with Gasteiger partial charge in [-0.25, -0.2) is 9.98 Å². The Morgan fingerprint density at radius 3 is 2.40 bits per heavy atom. The molecule has 56 valence electrons. The van der Waals surface area contributed by atoms with Crippen molar-refractivity contribution < 1.29 is 0 Å². The highest BCUT2D eigenvalue weighted by atomic mass is 14.9. The molecule has 0 fully saturated rings. The van der Waals surface area contributed by atoms with Crippen LogP contribution in [0.3, 0.4) is 0 Å². The summed E-state index contributed by atoms with van der Waals surface area (Å²) in [6, 6.07) is 0. The van der Waals surface area contributed by atoms with E-state index in [4.69, 9.17) is 0 Å². The largest absolute Gasteiger partial charge is 0.277 e. The van der Waals surface area contributed by atoms with Gasteiger partial charge in [0.05, 0.1) is 0 Å². The number of amidine groups is 1. The van der Waals surface area contributed by atoms with E-state index >= 15 is 0 Å². The molecule has 0 aliphatic carbocycles. The van der Waals surface area contributed by atoms with Gasteiger partial charge in [-0.3, -0.25) is 4.99 Å². The Labute approximate surface area is 61.6 Å². The fourth-order valence-corrected chi connectivity index (χ4v) is 0.489. The number of aliphatic imine (C=N–C) groups is 3. The van der Waals surface area contributed by atoms with E-state index in [1.165, 1.54) is 6.34 Å². The molecular weight excluding hydrogens is 126 g/mol. The summed E-state index contributed by atoms with van der Waals surface area (Å²) in [7, 11) is 1.67.